The van der Waals surface area contributed by atoms with Crippen molar-refractivity contribution in [2.45, 2.75) is 6.04 Å². The van der Waals surface area contributed by atoms with Crippen LogP contribution in [0.5, 0.6) is 0 Å². The van der Waals surface area contributed by atoms with Crippen molar-refractivity contribution in [3.63, 3.8) is 0 Å². The van der Waals surface area contributed by atoms with Crippen molar-refractivity contribution >= 4 is 23.2 Å². The van der Waals surface area contributed by atoms with Gasteiger partial charge in [-0.3, -0.25) is 5.10 Å². The van der Waals surface area contributed by atoms with Gasteiger partial charge < -0.3 is 5.73 Å². The molecule has 4 nitrogen and oxygen atoms in total. The topological polar surface area (TPSA) is 67.6 Å². The molecule has 6 heteroatoms. The molecule has 0 aliphatic rings. The molecule has 3 N–H and O–H groups in total. The fourth-order valence-corrected chi connectivity index (χ4v) is 1.70. The number of rotatable bonds is 2. The third-order valence-corrected chi connectivity index (χ3v) is 2.88. The Bertz CT molecular complexity index is 455. The molecule has 1 aromatic heterocycles. The highest BCUT2D eigenvalue weighted by atomic mass is 35.5. The molecule has 0 saturated heterocycles. The zero-order chi connectivity index (χ0) is 10.8. The molecule has 0 bridgehead atoms. The molecule has 1 atom stereocenters. The van der Waals surface area contributed by atoms with Gasteiger partial charge in [0.25, 0.3) is 0 Å². The van der Waals surface area contributed by atoms with Crippen molar-refractivity contribution in [3.8, 4) is 0 Å². The minimum atomic E-state index is -0.446. The van der Waals surface area contributed by atoms with Gasteiger partial charge in [0.15, 0.2) is 0 Å². The lowest BCUT2D eigenvalue weighted by Crippen LogP contribution is -2.14. The Morgan fingerprint density at radius 3 is 2.80 bits per heavy atom. The number of nitrogens with one attached hydrogen (secondary N) is 1. The average Bonchev–Trinajstić information content (AvgIpc) is 2.74. The van der Waals surface area contributed by atoms with E-state index in [0.29, 0.717) is 15.9 Å². The number of H-pyrrole nitrogens is 1. The average molecular weight is 243 g/mol. The normalized spacial score (nSPS) is 12.7. The van der Waals surface area contributed by atoms with Gasteiger partial charge in [-0.15, -0.1) is 0 Å². The first kappa shape index (κ1) is 10.4. The molecular formula is C9H8Cl2N4. The van der Waals surface area contributed by atoms with E-state index in [9.17, 15) is 0 Å². The van der Waals surface area contributed by atoms with Crippen LogP contribution >= 0.6 is 23.2 Å². The SMILES string of the molecule is NC(c1ncn[nH]1)c1cccc(Cl)c1Cl. The molecule has 0 aliphatic carbocycles. The number of hydrogen-bond donors (Lipinski definition) is 2. The fourth-order valence-electron chi connectivity index (χ4n) is 1.27. The second kappa shape index (κ2) is 4.18. The van der Waals surface area contributed by atoms with Crippen molar-refractivity contribution in [2.24, 2.45) is 5.73 Å². The minimum Gasteiger partial charge on any atom is -0.318 e. The maximum Gasteiger partial charge on any atom is 0.145 e. The first-order valence-corrected chi connectivity index (χ1v) is 5.00. The summed E-state index contributed by atoms with van der Waals surface area (Å²) in [5, 5.41) is 7.35. The van der Waals surface area contributed by atoms with Crippen LogP contribution in [-0.4, -0.2) is 15.2 Å². The van der Waals surface area contributed by atoms with Gasteiger partial charge in [-0.25, -0.2) is 4.98 Å². The van der Waals surface area contributed by atoms with Crippen molar-refractivity contribution in [1.82, 2.24) is 15.2 Å². The van der Waals surface area contributed by atoms with Crippen LogP contribution in [0.3, 0.4) is 0 Å². The van der Waals surface area contributed by atoms with E-state index in [0.717, 1.165) is 5.56 Å². The molecule has 0 amide bonds. The quantitative estimate of drug-likeness (QED) is 0.849. The van der Waals surface area contributed by atoms with Gasteiger partial charge in [-0.1, -0.05) is 35.3 Å². The number of hydrogen-bond acceptors (Lipinski definition) is 3. The van der Waals surface area contributed by atoms with Gasteiger partial charge in [0, 0.05) is 0 Å². The molecule has 0 aliphatic heterocycles. The summed E-state index contributed by atoms with van der Waals surface area (Å²) in [5.41, 5.74) is 6.68. The first-order valence-electron chi connectivity index (χ1n) is 4.25. The second-order valence-corrected chi connectivity index (χ2v) is 3.78. The summed E-state index contributed by atoms with van der Waals surface area (Å²) in [6, 6.07) is 4.86. The summed E-state index contributed by atoms with van der Waals surface area (Å²) in [6.45, 7) is 0. The largest absolute Gasteiger partial charge is 0.318 e. The van der Waals surface area contributed by atoms with E-state index in [1.807, 2.05) is 0 Å². The van der Waals surface area contributed by atoms with Crippen molar-refractivity contribution < 1.29 is 0 Å². The Morgan fingerprint density at radius 2 is 2.13 bits per heavy atom. The lowest BCUT2D eigenvalue weighted by atomic mass is 10.1. The highest BCUT2D eigenvalue weighted by molar-refractivity contribution is 6.42. The number of halogens is 2. The lowest BCUT2D eigenvalue weighted by molar-refractivity contribution is 0.787. The predicted molar refractivity (Wildman–Crippen MR) is 58.9 cm³/mol. The van der Waals surface area contributed by atoms with Crippen LogP contribution in [0, 0.1) is 0 Å². The number of nitrogens with zero attached hydrogens (tertiary/aromatic N) is 2. The van der Waals surface area contributed by atoms with E-state index >= 15 is 0 Å². The molecule has 2 rings (SSSR count). The number of nitrogens with two attached hydrogens (primary N) is 1. The molecule has 1 unspecified atom stereocenters. The standard InChI is InChI=1S/C9H8Cl2N4/c10-6-3-1-2-5(7(6)11)8(12)9-13-4-14-15-9/h1-4,8H,12H2,(H,13,14,15). The Kier molecular flexibility index (Phi) is 2.90. The number of aromatic amines is 1. The van der Waals surface area contributed by atoms with Crippen molar-refractivity contribution in [2.75, 3.05) is 0 Å². The van der Waals surface area contributed by atoms with E-state index in [4.69, 9.17) is 28.9 Å². The predicted octanol–water partition coefficient (Wildman–Crippen LogP) is 2.16. The summed E-state index contributed by atoms with van der Waals surface area (Å²) < 4.78 is 0. The van der Waals surface area contributed by atoms with Gasteiger partial charge in [-0.2, -0.15) is 5.10 Å². The highest BCUT2D eigenvalue weighted by Crippen LogP contribution is 2.30. The van der Waals surface area contributed by atoms with Gasteiger partial charge in [0.05, 0.1) is 16.1 Å². The van der Waals surface area contributed by atoms with Crippen molar-refractivity contribution in [1.29, 1.82) is 0 Å². The van der Waals surface area contributed by atoms with Gasteiger partial charge in [0.1, 0.15) is 12.2 Å². The Hall–Kier alpha value is -1.10. The summed E-state index contributed by atoms with van der Waals surface area (Å²) >= 11 is 11.9. The van der Waals surface area contributed by atoms with Crippen molar-refractivity contribution in [3.05, 3.63) is 46.0 Å². The van der Waals surface area contributed by atoms with Crippen LogP contribution in [0.25, 0.3) is 0 Å². The monoisotopic (exact) mass is 242 g/mol. The van der Waals surface area contributed by atoms with Gasteiger partial charge in [-0.05, 0) is 11.6 Å². The second-order valence-electron chi connectivity index (χ2n) is 2.99. The molecule has 0 radical (unpaired) electrons. The Labute approximate surface area is 96.4 Å². The number of aromatic nitrogens is 3. The van der Waals surface area contributed by atoms with Gasteiger partial charge in [0.2, 0.25) is 0 Å². The van der Waals surface area contributed by atoms with E-state index in [2.05, 4.69) is 15.2 Å². The van der Waals surface area contributed by atoms with Crippen LogP contribution in [0.2, 0.25) is 10.0 Å². The molecule has 78 valence electrons. The summed E-state index contributed by atoms with van der Waals surface area (Å²) in [6.07, 6.45) is 1.40. The maximum absolute atomic E-state index is 6.03. The number of benzene rings is 1. The van der Waals surface area contributed by atoms with Gasteiger partial charge >= 0.3 is 0 Å². The molecule has 0 saturated carbocycles. The Morgan fingerprint density at radius 1 is 1.33 bits per heavy atom. The molecule has 0 spiro atoms. The molecular weight excluding hydrogens is 235 g/mol. The van der Waals surface area contributed by atoms with E-state index in [-0.39, 0.29) is 0 Å². The zero-order valence-electron chi connectivity index (χ0n) is 7.61. The minimum absolute atomic E-state index is 0.446. The van der Waals surface area contributed by atoms with E-state index in [1.165, 1.54) is 6.33 Å². The van der Waals surface area contributed by atoms with Crippen LogP contribution in [0.4, 0.5) is 0 Å². The third kappa shape index (κ3) is 1.97. The first-order chi connectivity index (χ1) is 7.20. The summed E-state index contributed by atoms with van der Waals surface area (Å²) in [7, 11) is 0. The zero-order valence-corrected chi connectivity index (χ0v) is 9.13. The summed E-state index contributed by atoms with van der Waals surface area (Å²) in [4.78, 5) is 3.97. The van der Waals surface area contributed by atoms with Crippen LogP contribution < -0.4 is 5.73 Å². The smallest absolute Gasteiger partial charge is 0.145 e. The molecule has 15 heavy (non-hydrogen) atoms. The lowest BCUT2D eigenvalue weighted by Gasteiger charge is -2.11. The van der Waals surface area contributed by atoms with E-state index < -0.39 is 6.04 Å². The molecule has 0 fully saturated rings. The maximum atomic E-state index is 6.03. The van der Waals surface area contributed by atoms with Crippen LogP contribution in [0.1, 0.15) is 17.4 Å². The summed E-state index contributed by atoms with van der Waals surface area (Å²) in [5.74, 6) is 0.555. The Balaban J connectivity index is 2.42. The third-order valence-electron chi connectivity index (χ3n) is 2.04. The molecule has 1 aromatic carbocycles. The fraction of sp³-hybridized carbons (Fsp3) is 0.111. The van der Waals surface area contributed by atoms with E-state index in [1.54, 1.807) is 18.2 Å². The highest BCUT2D eigenvalue weighted by Gasteiger charge is 2.16. The molecule has 2 aromatic rings. The van der Waals surface area contributed by atoms with Crippen LogP contribution in [-0.2, 0) is 0 Å². The van der Waals surface area contributed by atoms with Crippen LogP contribution in [0.15, 0.2) is 24.5 Å². The molecule has 1 heterocycles.